The molecule has 1 aliphatic heterocycles. The Morgan fingerprint density at radius 2 is 1.65 bits per heavy atom. The van der Waals surface area contributed by atoms with Gasteiger partial charge in [0.2, 0.25) is 0 Å². The first-order chi connectivity index (χ1) is 17.7. The Morgan fingerprint density at radius 3 is 2.30 bits per heavy atom. The minimum atomic E-state index is -0.797. The molecule has 37 heavy (non-hydrogen) atoms. The molecule has 4 rings (SSSR count). The van der Waals surface area contributed by atoms with Gasteiger partial charge < -0.3 is 9.47 Å². The number of benzene rings is 3. The summed E-state index contributed by atoms with van der Waals surface area (Å²) in [5, 5.41) is 2.25. The van der Waals surface area contributed by atoms with Gasteiger partial charge in [-0.15, -0.1) is 0 Å². The maximum absolute atomic E-state index is 13.2. The molecule has 0 unspecified atom stereocenters. The van der Waals surface area contributed by atoms with Crippen LogP contribution in [0.5, 0.6) is 11.5 Å². The largest absolute Gasteiger partial charge is 0.490 e. The predicted octanol–water partition coefficient (Wildman–Crippen LogP) is 6.31. The summed E-state index contributed by atoms with van der Waals surface area (Å²) in [5.41, 5.74) is 4.12. The molecule has 3 aromatic rings. The molecule has 190 valence electrons. The summed E-state index contributed by atoms with van der Waals surface area (Å²) in [6.45, 7) is 6.72. The lowest BCUT2D eigenvalue weighted by Gasteiger charge is -2.26. The smallest absolute Gasteiger partial charge is 0.335 e. The van der Waals surface area contributed by atoms with E-state index < -0.39 is 17.8 Å². The van der Waals surface area contributed by atoms with E-state index in [2.05, 4.69) is 62.0 Å². The van der Waals surface area contributed by atoms with Crippen LogP contribution in [0.2, 0.25) is 0 Å². The molecule has 1 heterocycles. The fourth-order valence-corrected chi connectivity index (χ4v) is 5.08. The minimum Gasteiger partial charge on any atom is -0.490 e. The molecule has 1 aliphatic rings. The summed E-state index contributed by atoms with van der Waals surface area (Å²) in [6, 6.07) is 15.6. The topological polar surface area (TPSA) is 84.9 Å². The van der Waals surface area contributed by atoms with E-state index in [1.165, 1.54) is 6.08 Å². The average molecular weight is 675 g/mol. The zero-order chi connectivity index (χ0) is 26.7. The molecule has 1 fully saturated rings. The van der Waals surface area contributed by atoms with Crippen molar-refractivity contribution in [3.05, 3.63) is 90.5 Å². The van der Waals surface area contributed by atoms with Crippen molar-refractivity contribution in [2.45, 2.75) is 27.4 Å². The van der Waals surface area contributed by atoms with Crippen molar-refractivity contribution < 1.29 is 23.9 Å². The highest BCUT2D eigenvalue weighted by molar-refractivity contribution is 14.1. The lowest BCUT2D eigenvalue weighted by Crippen LogP contribution is -2.54. The van der Waals surface area contributed by atoms with Crippen LogP contribution in [0.1, 0.15) is 29.2 Å². The van der Waals surface area contributed by atoms with Crippen LogP contribution < -0.4 is 19.7 Å². The quantitative estimate of drug-likeness (QED) is 0.180. The summed E-state index contributed by atoms with van der Waals surface area (Å²) in [6.07, 6.45) is 1.45. The number of anilines is 1. The number of hydrogen-bond donors (Lipinski definition) is 1. The number of nitrogens with one attached hydrogen (secondary N) is 1. The normalized spacial score (nSPS) is 14.7. The third kappa shape index (κ3) is 6.22. The van der Waals surface area contributed by atoms with E-state index in [0.717, 1.165) is 29.6 Å². The first-order valence-electron chi connectivity index (χ1n) is 11.5. The van der Waals surface area contributed by atoms with Gasteiger partial charge in [0.15, 0.2) is 11.5 Å². The minimum absolute atomic E-state index is 0.162. The van der Waals surface area contributed by atoms with Crippen LogP contribution in [0.3, 0.4) is 0 Å². The number of urea groups is 1. The highest BCUT2D eigenvalue weighted by atomic mass is 127. The molecule has 0 spiro atoms. The number of ether oxygens (including phenoxy) is 2. The molecule has 9 heteroatoms. The number of rotatable bonds is 7. The second-order valence-corrected chi connectivity index (χ2v) is 10.6. The molecule has 0 aromatic heterocycles. The predicted molar refractivity (Wildman–Crippen MR) is 154 cm³/mol. The fraction of sp³-hybridized carbons (Fsp3) is 0.179. The number of carbonyl (C=O) groups excluding carboxylic acids is 3. The van der Waals surface area contributed by atoms with Gasteiger partial charge in [0, 0.05) is 4.47 Å². The molecular formula is C28H24BrIN2O5. The van der Waals surface area contributed by atoms with Crippen molar-refractivity contribution in [2.24, 2.45) is 0 Å². The molecule has 3 aromatic carbocycles. The first kappa shape index (κ1) is 26.9. The third-order valence-electron chi connectivity index (χ3n) is 5.49. The number of amides is 4. The molecule has 1 saturated heterocycles. The van der Waals surface area contributed by atoms with E-state index in [1.807, 2.05) is 20.8 Å². The number of nitrogens with zero attached hydrogens (tertiary/aromatic N) is 1. The molecule has 0 radical (unpaired) electrons. The zero-order valence-electron chi connectivity index (χ0n) is 20.4. The second-order valence-electron chi connectivity index (χ2n) is 8.48. The van der Waals surface area contributed by atoms with Crippen molar-refractivity contribution in [2.75, 3.05) is 11.5 Å². The van der Waals surface area contributed by atoms with Crippen LogP contribution in [-0.2, 0) is 16.2 Å². The van der Waals surface area contributed by atoms with Gasteiger partial charge in [-0.05, 0) is 97.0 Å². The second kappa shape index (κ2) is 11.5. The molecule has 0 bridgehead atoms. The van der Waals surface area contributed by atoms with Gasteiger partial charge in [-0.1, -0.05) is 45.3 Å². The molecule has 0 saturated carbocycles. The van der Waals surface area contributed by atoms with Gasteiger partial charge in [0.05, 0.1) is 15.9 Å². The highest BCUT2D eigenvalue weighted by Gasteiger charge is 2.36. The van der Waals surface area contributed by atoms with Gasteiger partial charge in [0.1, 0.15) is 12.2 Å². The van der Waals surface area contributed by atoms with E-state index in [1.54, 1.807) is 36.4 Å². The Labute approximate surface area is 237 Å². The van der Waals surface area contributed by atoms with Crippen molar-refractivity contribution in [1.82, 2.24) is 5.32 Å². The van der Waals surface area contributed by atoms with Crippen molar-refractivity contribution >= 4 is 68.1 Å². The molecule has 1 N–H and O–H groups in total. The number of hydrogen-bond acceptors (Lipinski definition) is 5. The maximum atomic E-state index is 13.2. The van der Waals surface area contributed by atoms with Gasteiger partial charge in [-0.2, -0.15) is 0 Å². The summed E-state index contributed by atoms with van der Waals surface area (Å²) < 4.78 is 13.5. The maximum Gasteiger partial charge on any atom is 0.335 e. The Bertz CT molecular complexity index is 1400. The third-order valence-corrected chi connectivity index (χ3v) is 6.82. The van der Waals surface area contributed by atoms with Crippen molar-refractivity contribution in [1.29, 1.82) is 0 Å². The van der Waals surface area contributed by atoms with E-state index in [9.17, 15) is 14.4 Å². The monoisotopic (exact) mass is 674 g/mol. The van der Waals surface area contributed by atoms with E-state index >= 15 is 0 Å². The number of halogens is 2. The SMILES string of the molecule is CCOc1cc(/C=C2\C(=O)NC(=O)N(c3ccc(Br)cc3)C2=O)cc(I)c1OCc1cc(C)cc(C)c1. The number of aryl methyl sites for hydroxylation is 2. The Kier molecular flexibility index (Phi) is 8.33. The number of barbiturate groups is 1. The van der Waals surface area contributed by atoms with Gasteiger partial charge >= 0.3 is 6.03 Å². The molecule has 7 nitrogen and oxygen atoms in total. The molecule has 0 aliphatic carbocycles. The van der Waals surface area contributed by atoms with Gasteiger partial charge in [-0.25, -0.2) is 9.69 Å². The van der Waals surface area contributed by atoms with Crippen molar-refractivity contribution in [3.63, 3.8) is 0 Å². The molecule has 4 amide bonds. The zero-order valence-corrected chi connectivity index (χ0v) is 24.2. The van der Waals surface area contributed by atoms with Crippen LogP contribution in [0.4, 0.5) is 10.5 Å². The Hall–Kier alpha value is -3.18. The van der Waals surface area contributed by atoms with Gasteiger partial charge in [0.25, 0.3) is 11.8 Å². The van der Waals surface area contributed by atoms with Crippen LogP contribution in [0.15, 0.2) is 64.6 Å². The molecule has 0 atom stereocenters. The van der Waals surface area contributed by atoms with E-state index in [4.69, 9.17) is 9.47 Å². The average Bonchev–Trinajstić information content (AvgIpc) is 2.82. The fourth-order valence-electron chi connectivity index (χ4n) is 4.03. The first-order valence-corrected chi connectivity index (χ1v) is 13.4. The highest BCUT2D eigenvalue weighted by Crippen LogP contribution is 2.36. The summed E-state index contributed by atoms with van der Waals surface area (Å²) in [7, 11) is 0. The molecular weight excluding hydrogens is 651 g/mol. The summed E-state index contributed by atoms with van der Waals surface area (Å²) in [5.74, 6) is -0.393. The summed E-state index contributed by atoms with van der Waals surface area (Å²) in [4.78, 5) is 39.2. The Morgan fingerprint density at radius 1 is 0.973 bits per heavy atom. The standard InChI is InChI=1S/C28H24BrIN2O5/c1-4-36-24-14-18(13-23(30)25(24)37-15-19-10-16(2)9-17(3)11-19)12-22-26(33)31-28(35)32(27(22)34)21-7-5-20(29)6-8-21/h5-14H,4,15H2,1-3H3,(H,31,33,35)/b22-12+. The van der Waals surface area contributed by atoms with Crippen LogP contribution in [0, 0.1) is 17.4 Å². The number of carbonyl (C=O) groups is 3. The van der Waals surface area contributed by atoms with Crippen LogP contribution in [0.25, 0.3) is 6.08 Å². The van der Waals surface area contributed by atoms with Crippen LogP contribution >= 0.6 is 38.5 Å². The lowest BCUT2D eigenvalue weighted by atomic mass is 10.1. The Balaban J connectivity index is 1.66. The number of imide groups is 2. The van der Waals surface area contributed by atoms with E-state index in [0.29, 0.717) is 36.0 Å². The lowest BCUT2D eigenvalue weighted by molar-refractivity contribution is -0.122. The van der Waals surface area contributed by atoms with Gasteiger partial charge in [-0.3, -0.25) is 14.9 Å². The van der Waals surface area contributed by atoms with E-state index in [-0.39, 0.29) is 5.57 Å². The van der Waals surface area contributed by atoms with Crippen LogP contribution in [-0.4, -0.2) is 24.5 Å². The summed E-state index contributed by atoms with van der Waals surface area (Å²) >= 11 is 5.48. The van der Waals surface area contributed by atoms with Crippen molar-refractivity contribution in [3.8, 4) is 11.5 Å².